The number of aliphatic imine (C=N–C) groups is 1. The van der Waals surface area contributed by atoms with Crippen LogP contribution in [-0.2, 0) is 6.54 Å². The number of nitriles is 2. The molecule has 1 aliphatic rings. The lowest BCUT2D eigenvalue weighted by molar-refractivity contribution is 0.107. The van der Waals surface area contributed by atoms with Gasteiger partial charge >= 0.3 is 0 Å². The Hall–Kier alpha value is -3.96. The van der Waals surface area contributed by atoms with Crippen molar-refractivity contribution in [2.24, 2.45) is 4.99 Å². The zero-order valence-corrected chi connectivity index (χ0v) is 19.6. The molecule has 1 saturated heterocycles. The van der Waals surface area contributed by atoms with Crippen molar-refractivity contribution in [1.29, 1.82) is 10.5 Å². The highest BCUT2D eigenvalue weighted by molar-refractivity contribution is 5.89. The topological polar surface area (TPSA) is 129 Å². The van der Waals surface area contributed by atoms with Gasteiger partial charge in [-0.3, -0.25) is 9.58 Å². The molecule has 0 radical (unpaired) electrons. The van der Waals surface area contributed by atoms with E-state index in [-0.39, 0.29) is 6.04 Å². The molecular formula is C23H29N11. The minimum absolute atomic E-state index is 0.261. The largest absolute Gasteiger partial charge is 0.348 e. The fourth-order valence-corrected chi connectivity index (χ4v) is 4.50. The molecule has 0 saturated carbocycles. The molecular weight excluding hydrogens is 430 g/mol. The Morgan fingerprint density at radius 1 is 1.24 bits per heavy atom. The Morgan fingerprint density at radius 3 is 2.79 bits per heavy atom. The molecule has 0 unspecified atom stereocenters. The summed E-state index contributed by atoms with van der Waals surface area (Å²) in [7, 11) is 3.81. The summed E-state index contributed by atoms with van der Waals surface area (Å²) in [6, 6.07) is 4.50. The third kappa shape index (κ3) is 5.16. The van der Waals surface area contributed by atoms with Gasteiger partial charge in [-0.05, 0) is 18.9 Å². The van der Waals surface area contributed by atoms with Crippen molar-refractivity contribution in [3.8, 4) is 23.5 Å². The first-order valence-corrected chi connectivity index (χ1v) is 11.4. The molecule has 1 aliphatic heterocycles. The van der Waals surface area contributed by atoms with Crippen LogP contribution in [0.3, 0.4) is 0 Å². The van der Waals surface area contributed by atoms with Crippen LogP contribution < -0.4 is 0 Å². The maximum atomic E-state index is 9.03. The Bertz CT molecular complexity index is 1200. The Morgan fingerprint density at radius 2 is 2.06 bits per heavy atom. The smallest absolute Gasteiger partial charge is 0.212 e. The van der Waals surface area contributed by atoms with Gasteiger partial charge in [0.2, 0.25) is 12.2 Å². The monoisotopic (exact) mass is 459 g/mol. The van der Waals surface area contributed by atoms with Crippen LogP contribution in [0.1, 0.15) is 19.3 Å². The molecule has 3 aromatic heterocycles. The molecule has 3 aromatic rings. The number of unbranched alkanes of at least 4 members (excludes halogenated alkanes) is 1. The summed E-state index contributed by atoms with van der Waals surface area (Å²) in [5.41, 5.74) is 2.62. The number of aromatic nitrogens is 5. The molecule has 176 valence electrons. The zero-order valence-electron chi connectivity index (χ0n) is 19.6. The molecule has 0 bridgehead atoms. The minimum atomic E-state index is 0.261. The van der Waals surface area contributed by atoms with Gasteiger partial charge in [0.25, 0.3) is 0 Å². The van der Waals surface area contributed by atoms with Crippen LogP contribution in [0.15, 0.2) is 36.0 Å². The lowest BCUT2D eigenvalue weighted by atomic mass is 10.1. The third-order valence-electron chi connectivity index (χ3n) is 6.15. The number of hydrogen-bond acceptors (Lipinski definition) is 7. The number of fused-ring (bicyclic) bond motifs is 1. The van der Waals surface area contributed by atoms with E-state index in [2.05, 4.69) is 40.9 Å². The summed E-state index contributed by atoms with van der Waals surface area (Å²) in [6.07, 6.45) is 11.5. The molecule has 11 heteroatoms. The van der Waals surface area contributed by atoms with E-state index >= 15 is 0 Å². The molecule has 1 N–H and O–H groups in total. The highest BCUT2D eigenvalue weighted by Gasteiger charge is 2.26. The van der Waals surface area contributed by atoms with Gasteiger partial charge in [0.15, 0.2) is 0 Å². The number of hydrogen-bond donors (Lipinski definition) is 1. The normalized spacial score (nSPS) is 15.8. The van der Waals surface area contributed by atoms with Crippen LogP contribution in [0, 0.1) is 22.8 Å². The fourth-order valence-electron chi connectivity index (χ4n) is 4.50. The number of rotatable bonds is 7. The molecule has 34 heavy (non-hydrogen) atoms. The lowest BCUT2D eigenvalue weighted by Crippen LogP contribution is -2.55. The average molecular weight is 460 g/mol. The van der Waals surface area contributed by atoms with Crippen molar-refractivity contribution in [3.05, 3.63) is 31.0 Å². The fraction of sp³-hybridized carbons (Fsp3) is 0.478. The van der Waals surface area contributed by atoms with E-state index < -0.39 is 0 Å². The predicted octanol–water partition coefficient (Wildman–Crippen LogP) is 1.90. The second-order valence-electron chi connectivity index (χ2n) is 8.55. The molecule has 1 fully saturated rings. The quantitative estimate of drug-likeness (QED) is 0.245. The van der Waals surface area contributed by atoms with E-state index in [1.54, 1.807) is 6.33 Å². The second-order valence-corrected chi connectivity index (χ2v) is 8.55. The number of H-pyrrole nitrogens is 1. The molecule has 4 rings (SSSR count). The zero-order chi connectivity index (χ0) is 23.9. The molecule has 0 aliphatic carbocycles. The molecule has 4 heterocycles. The van der Waals surface area contributed by atoms with Crippen LogP contribution in [0.2, 0.25) is 0 Å². The number of piperazine rings is 1. The summed E-state index contributed by atoms with van der Waals surface area (Å²) in [6.45, 7) is 4.05. The summed E-state index contributed by atoms with van der Waals surface area (Å²) in [5.74, 6) is 0.695. The van der Waals surface area contributed by atoms with Gasteiger partial charge in [0.05, 0.1) is 24.5 Å². The van der Waals surface area contributed by atoms with Gasteiger partial charge in [-0.25, -0.2) is 9.97 Å². The predicted molar refractivity (Wildman–Crippen MR) is 128 cm³/mol. The van der Waals surface area contributed by atoms with Crippen molar-refractivity contribution in [1.82, 2.24) is 39.4 Å². The van der Waals surface area contributed by atoms with E-state index in [4.69, 9.17) is 10.5 Å². The van der Waals surface area contributed by atoms with E-state index in [1.807, 2.05) is 54.5 Å². The number of nitrogens with one attached hydrogen (secondary N) is 1. The third-order valence-corrected chi connectivity index (χ3v) is 6.15. The van der Waals surface area contributed by atoms with Crippen molar-refractivity contribution in [3.63, 3.8) is 0 Å². The average Bonchev–Trinajstić information content (AvgIpc) is 3.51. The first kappa shape index (κ1) is 23.2. The van der Waals surface area contributed by atoms with Gasteiger partial charge in [-0.15, -0.1) is 4.99 Å². The van der Waals surface area contributed by atoms with Crippen LogP contribution in [0.5, 0.6) is 0 Å². The van der Waals surface area contributed by atoms with E-state index in [1.165, 1.54) is 0 Å². The Kier molecular flexibility index (Phi) is 7.35. The van der Waals surface area contributed by atoms with Gasteiger partial charge < -0.3 is 14.8 Å². The first-order chi connectivity index (χ1) is 16.6. The van der Waals surface area contributed by atoms with Crippen LogP contribution in [0.25, 0.3) is 22.3 Å². The highest BCUT2D eigenvalue weighted by atomic mass is 15.4. The molecule has 0 amide bonds. The van der Waals surface area contributed by atoms with Crippen molar-refractivity contribution in [2.45, 2.75) is 31.8 Å². The summed E-state index contributed by atoms with van der Waals surface area (Å²) < 4.78 is 1.97. The first-order valence-electron chi connectivity index (χ1n) is 11.4. The van der Waals surface area contributed by atoms with Gasteiger partial charge in [-0.2, -0.15) is 15.6 Å². The van der Waals surface area contributed by atoms with E-state index in [9.17, 15) is 0 Å². The van der Waals surface area contributed by atoms with Crippen LogP contribution in [-0.4, -0.2) is 91.7 Å². The van der Waals surface area contributed by atoms with Crippen molar-refractivity contribution in [2.75, 3.05) is 40.3 Å². The number of aromatic amines is 1. The number of nitrogens with zero attached hydrogens (tertiary/aromatic N) is 10. The minimum Gasteiger partial charge on any atom is -0.348 e. The maximum absolute atomic E-state index is 9.03. The van der Waals surface area contributed by atoms with Gasteiger partial charge in [0.1, 0.15) is 12.0 Å². The molecule has 0 aromatic carbocycles. The highest BCUT2D eigenvalue weighted by Crippen LogP contribution is 2.24. The van der Waals surface area contributed by atoms with Gasteiger partial charge in [0, 0.05) is 76.1 Å². The SMILES string of the molecule is CN(C)/C(=N\C#N)N1CCN([C@@H](CCCC#N)Cn2cc(-c3ncnc4[nH]ccc34)cn2)CC1. The number of guanidine groups is 1. The standard InChI is InChI=1S/C23H29N11/c1-31(2)23(27-16-25)33-11-9-32(10-12-33)19(5-3-4-7-24)15-34-14-18(13-30-34)21-20-6-8-26-22(20)29-17-28-21/h6,8,13-14,17,19H,3-5,9-12,15H2,1-2H3,(H,26,28,29)/b27-23+/t19-/m0/s1. The molecule has 1 atom stereocenters. The second kappa shape index (κ2) is 10.8. The summed E-state index contributed by atoms with van der Waals surface area (Å²) >= 11 is 0. The maximum Gasteiger partial charge on any atom is 0.212 e. The van der Waals surface area contributed by atoms with Crippen LogP contribution in [0.4, 0.5) is 0 Å². The molecule has 0 spiro atoms. The van der Waals surface area contributed by atoms with Crippen molar-refractivity contribution < 1.29 is 0 Å². The molecule has 11 nitrogen and oxygen atoms in total. The Labute approximate surface area is 198 Å². The Balaban J connectivity index is 1.46. The summed E-state index contributed by atoms with van der Waals surface area (Å²) in [4.78, 5) is 22.3. The van der Waals surface area contributed by atoms with Crippen molar-refractivity contribution >= 4 is 17.0 Å². The van der Waals surface area contributed by atoms with E-state index in [0.717, 1.165) is 67.9 Å². The summed E-state index contributed by atoms with van der Waals surface area (Å²) in [5, 5.41) is 23.6. The van der Waals surface area contributed by atoms with Crippen LogP contribution >= 0.6 is 0 Å². The lowest BCUT2D eigenvalue weighted by Gasteiger charge is -2.41. The van der Waals surface area contributed by atoms with Gasteiger partial charge in [-0.1, -0.05) is 0 Å². The van der Waals surface area contributed by atoms with E-state index in [0.29, 0.717) is 12.4 Å².